The number of phosphoric acid groups is 1. The topological polar surface area (TPSA) is 58.6 Å². The van der Waals surface area contributed by atoms with Crippen LogP contribution in [0.5, 0.6) is 0 Å². The molecular weight excluding hydrogens is 421 g/mol. The number of nitrogens with zero attached hydrogens (tertiary/aromatic N) is 1. The molecule has 0 aromatic heterocycles. The van der Waals surface area contributed by atoms with Gasteiger partial charge in [0.25, 0.3) is 7.82 Å². The van der Waals surface area contributed by atoms with Crippen molar-refractivity contribution in [2.75, 3.05) is 40.4 Å². The summed E-state index contributed by atoms with van der Waals surface area (Å²) < 4.78 is 22.9. The third-order valence-electron chi connectivity index (χ3n) is 6.31. The van der Waals surface area contributed by atoms with Crippen molar-refractivity contribution in [3.05, 3.63) is 0 Å². The lowest BCUT2D eigenvalue weighted by molar-refractivity contribution is -0.890. The quantitative estimate of drug-likeness (QED) is 0.0770. The van der Waals surface area contributed by atoms with Crippen LogP contribution in [0.15, 0.2) is 0 Å². The molecule has 0 saturated heterocycles. The number of rotatable bonds is 25. The lowest BCUT2D eigenvalue weighted by atomic mass is 10.1. The number of quaternary nitrogens is 1. The predicted octanol–water partition coefficient (Wildman–Crippen LogP) is 7.63. The molecule has 1 unspecified atom stereocenters. The molecule has 0 aliphatic carbocycles. The first-order valence-electron chi connectivity index (χ1n) is 13.7. The first-order valence-corrected chi connectivity index (χ1v) is 15.2. The van der Waals surface area contributed by atoms with E-state index >= 15 is 0 Å². The molecule has 5 nitrogen and oxygen atoms in total. The van der Waals surface area contributed by atoms with E-state index in [0.717, 1.165) is 30.3 Å². The van der Waals surface area contributed by atoms with Gasteiger partial charge in [0, 0.05) is 0 Å². The van der Waals surface area contributed by atoms with Crippen LogP contribution in [-0.2, 0) is 13.6 Å². The second-order valence-corrected chi connectivity index (χ2v) is 11.6. The van der Waals surface area contributed by atoms with E-state index in [-0.39, 0.29) is 13.2 Å². The van der Waals surface area contributed by atoms with E-state index in [1.54, 1.807) is 0 Å². The van der Waals surface area contributed by atoms with Crippen molar-refractivity contribution in [2.45, 2.75) is 129 Å². The first kappa shape index (κ1) is 32.1. The van der Waals surface area contributed by atoms with Crippen LogP contribution >= 0.6 is 7.82 Å². The summed E-state index contributed by atoms with van der Waals surface area (Å²) >= 11 is 0. The summed E-state index contributed by atoms with van der Waals surface area (Å²) in [6.07, 6.45) is 22.7. The minimum atomic E-state index is -4.17. The normalized spacial score (nSPS) is 14.0. The molecule has 0 amide bonds. The van der Waals surface area contributed by atoms with E-state index in [4.69, 9.17) is 9.05 Å². The Kier molecular flexibility index (Phi) is 21.6. The fourth-order valence-corrected chi connectivity index (χ4v) is 4.72. The molecule has 0 aromatic carbocycles. The van der Waals surface area contributed by atoms with Gasteiger partial charge in [-0.15, -0.1) is 0 Å². The molecule has 0 aliphatic heterocycles. The number of hydrogen-bond donors (Lipinski definition) is 0. The highest BCUT2D eigenvalue weighted by Gasteiger charge is 2.17. The van der Waals surface area contributed by atoms with Gasteiger partial charge in [-0.2, -0.15) is 0 Å². The Morgan fingerprint density at radius 3 is 1.41 bits per heavy atom. The minimum Gasteiger partial charge on any atom is -0.756 e. The van der Waals surface area contributed by atoms with Crippen molar-refractivity contribution in [3.8, 4) is 0 Å². The predicted molar refractivity (Wildman–Crippen MR) is 136 cm³/mol. The van der Waals surface area contributed by atoms with Crippen molar-refractivity contribution in [3.63, 3.8) is 0 Å². The molecule has 0 spiro atoms. The van der Waals surface area contributed by atoms with Crippen LogP contribution in [0.4, 0.5) is 0 Å². The molecule has 194 valence electrons. The fourth-order valence-electron chi connectivity index (χ4n) is 3.99. The van der Waals surface area contributed by atoms with Crippen LogP contribution in [-0.4, -0.2) is 44.9 Å². The van der Waals surface area contributed by atoms with Crippen LogP contribution < -0.4 is 4.89 Å². The standard InChI is InChI=1S/C26H56NO4P/c1-5-7-9-11-13-14-15-16-17-18-20-22-25-30-32(28,29)31-26-24-27(3,4)23-21-19-12-10-8-6-2/h5-26H2,1-4H3. The highest BCUT2D eigenvalue weighted by atomic mass is 31.2. The first-order chi connectivity index (χ1) is 15.3. The molecule has 32 heavy (non-hydrogen) atoms. The van der Waals surface area contributed by atoms with E-state index in [1.807, 2.05) is 0 Å². The maximum Gasteiger partial charge on any atom is 0.268 e. The SMILES string of the molecule is CCCCCCCCCCCCCCOP(=O)([O-])OCC[N+](C)(C)CCCCCCCC. The number of phosphoric ester groups is 1. The Labute approximate surface area is 200 Å². The van der Waals surface area contributed by atoms with Gasteiger partial charge in [0.2, 0.25) is 0 Å². The highest BCUT2D eigenvalue weighted by Crippen LogP contribution is 2.38. The number of unbranched alkanes of at least 4 members (excludes halogenated alkanes) is 16. The van der Waals surface area contributed by atoms with Gasteiger partial charge >= 0.3 is 0 Å². The minimum absolute atomic E-state index is 0.196. The molecule has 1 atom stereocenters. The second-order valence-electron chi connectivity index (χ2n) is 10.2. The lowest BCUT2D eigenvalue weighted by Crippen LogP contribution is -2.43. The van der Waals surface area contributed by atoms with Gasteiger partial charge in [-0.3, -0.25) is 4.57 Å². The van der Waals surface area contributed by atoms with Crippen molar-refractivity contribution >= 4 is 7.82 Å². The summed E-state index contributed by atoms with van der Waals surface area (Å²) in [7, 11) is 0.110. The van der Waals surface area contributed by atoms with Gasteiger partial charge in [-0.1, -0.05) is 110 Å². The van der Waals surface area contributed by atoms with Crippen molar-refractivity contribution < 1.29 is 23.0 Å². The zero-order chi connectivity index (χ0) is 24.0. The fraction of sp³-hybridized carbons (Fsp3) is 1.00. The third kappa shape index (κ3) is 23.2. The zero-order valence-electron chi connectivity index (χ0n) is 22.1. The van der Waals surface area contributed by atoms with E-state index in [2.05, 4.69) is 27.9 Å². The molecule has 0 fully saturated rings. The molecule has 0 N–H and O–H groups in total. The Morgan fingerprint density at radius 1 is 0.562 bits per heavy atom. The molecule has 0 radical (unpaired) electrons. The van der Waals surface area contributed by atoms with Crippen molar-refractivity contribution in [1.29, 1.82) is 0 Å². The monoisotopic (exact) mass is 477 g/mol. The summed E-state index contributed by atoms with van der Waals surface area (Å²) in [6, 6.07) is 0. The summed E-state index contributed by atoms with van der Waals surface area (Å²) in [6.45, 7) is 6.67. The zero-order valence-corrected chi connectivity index (χ0v) is 23.0. The van der Waals surface area contributed by atoms with Gasteiger partial charge in [-0.05, 0) is 19.3 Å². The summed E-state index contributed by atoms with van der Waals surface area (Å²) in [5, 5.41) is 0. The van der Waals surface area contributed by atoms with Crippen LogP contribution in [0.25, 0.3) is 0 Å². The molecule has 0 aliphatic rings. The van der Waals surface area contributed by atoms with Crippen molar-refractivity contribution in [1.82, 2.24) is 0 Å². The third-order valence-corrected chi connectivity index (χ3v) is 7.31. The maximum absolute atomic E-state index is 12.0. The lowest BCUT2D eigenvalue weighted by Gasteiger charge is -2.31. The summed E-state index contributed by atoms with van der Waals surface area (Å²) in [5.74, 6) is 0. The molecule has 0 bridgehead atoms. The van der Waals surface area contributed by atoms with Crippen LogP contribution in [0.3, 0.4) is 0 Å². The summed E-state index contributed by atoms with van der Waals surface area (Å²) in [4.78, 5) is 12.0. The van der Waals surface area contributed by atoms with Gasteiger partial charge < -0.3 is 18.4 Å². The second kappa shape index (κ2) is 21.6. The maximum atomic E-state index is 12.0. The number of hydrogen-bond acceptors (Lipinski definition) is 4. The van der Waals surface area contributed by atoms with Gasteiger partial charge in [0.1, 0.15) is 13.2 Å². The van der Waals surface area contributed by atoms with E-state index in [1.165, 1.54) is 96.3 Å². The average molecular weight is 478 g/mol. The highest BCUT2D eigenvalue weighted by molar-refractivity contribution is 7.45. The van der Waals surface area contributed by atoms with Crippen LogP contribution in [0.1, 0.15) is 129 Å². The Hall–Kier alpha value is 0.0700. The Morgan fingerprint density at radius 2 is 0.938 bits per heavy atom. The average Bonchev–Trinajstić information content (AvgIpc) is 2.73. The Balaban J connectivity index is 3.57. The van der Waals surface area contributed by atoms with Crippen LogP contribution in [0, 0.1) is 0 Å². The molecular formula is C26H56NO4P. The van der Waals surface area contributed by atoms with E-state index in [9.17, 15) is 9.46 Å². The molecule has 0 rings (SSSR count). The molecule has 0 aromatic rings. The van der Waals surface area contributed by atoms with E-state index < -0.39 is 7.82 Å². The molecule has 6 heteroatoms. The van der Waals surface area contributed by atoms with Gasteiger partial charge in [0.05, 0.1) is 27.2 Å². The van der Waals surface area contributed by atoms with Crippen molar-refractivity contribution in [2.24, 2.45) is 0 Å². The number of likely N-dealkylation sites (N-methyl/N-ethyl adjacent to an activating group) is 1. The van der Waals surface area contributed by atoms with Crippen LogP contribution in [0.2, 0.25) is 0 Å². The Bertz CT molecular complexity index is 446. The molecule has 0 saturated carbocycles. The summed E-state index contributed by atoms with van der Waals surface area (Å²) in [5.41, 5.74) is 0. The molecule has 0 heterocycles. The van der Waals surface area contributed by atoms with Gasteiger partial charge in [0.15, 0.2) is 0 Å². The smallest absolute Gasteiger partial charge is 0.268 e. The largest absolute Gasteiger partial charge is 0.756 e. The van der Waals surface area contributed by atoms with Gasteiger partial charge in [-0.25, -0.2) is 0 Å². The van der Waals surface area contributed by atoms with E-state index in [0.29, 0.717) is 6.54 Å².